The Morgan fingerprint density at radius 3 is 2.79 bits per heavy atom. The second-order valence-corrected chi connectivity index (χ2v) is 5.82. The highest BCUT2D eigenvalue weighted by Gasteiger charge is 2.23. The van der Waals surface area contributed by atoms with Gasteiger partial charge in [-0.25, -0.2) is 13.1 Å². The molecular formula is C9H20N2O2S. The molecular weight excluding hydrogens is 200 g/mol. The predicted molar refractivity (Wildman–Crippen MR) is 57.7 cm³/mol. The van der Waals surface area contributed by atoms with Crippen LogP contribution >= 0.6 is 0 Å². The molecule has 0 amide bonds. The number of piperidine rings is 1. The van der Waals surface area contributed by atoms with Crippen LogP contribution in [-0.4, -0.2) is 33.8 Å². The third-order valence-electron chi connectivity index (χ3n) is 2.77. The van der Waals surface area contributed by atoms with Crippen LogP contribution in [-0.2, 0) is 10.0 Å². The first-order valence-electron chi connectivity index (χ1n) is 5.21. The highest BCUT2D eigenvalue weighted by molar-refractivity contribution is 7.88. The Morgan fingerprint density at radius 2 is 2.21 bits per heavy atom. The zero-order chi connectivity index (χ0) is 10.6. The SMILES string of the molecule is CCC1NCCCC1CNS(C)(=O)=O. The molecule has 2 atom stereocenters. The van der Waals surface area contributed by atoms with Crippen molar-refractivity contribution in [1.82, 2.24) is 10.0 Å². The molecule has 0 bridgehead atoms. The molecule has 84 valence electrons. The fourth-order valence-corrected chi connectivity index (χ4v) is 2.52. The van der Waals surface area contributed by atoms with Crippen molar-refractivity contribution in [3.05, 3.63) is 0 Å². The minimum absolute atomic E-state index is 0.448. The van der Waals surface area contributed by atoms with Crippen LogP contribution in [0.25, 0.3) is 0 Å². The lowest BCUT2D eigenvalue weighted by atomic mass is 9.89. The molecule has 1 heterocycles. The molecule has 0 aromatic rings. The average Bonchev–Trinajstić information content (AvgIpc) is 2.14. The van der Waals surface area contributed by atoms with Crippen LogP contribution in [0.2, 0.25) is 0 Å². The molecule has 0 saturated carbocycles. The molecule has 1 aliphatic rings. The molecule has 0 radical (unpaired) electrons. The Hall–Kier alpha value is -0.130. The van der Waals surface area contributed by atoms with Gasteiger partial charge >= 0.3 is 0 Å². The third kappa shape index (κ3) is 3.94. The summed E-state index contributed by atoms with van der Waals surface area (Å²) in [6, 6.07) is 0.470. The summed E-state index contributed by atoms with van der Waals surface area (Å²) in [6.07, 6.45) is 4.54. The summed E-state index contributed by atoms with van der Waals surface area (Å²) >= 11 is 0. The number of rotatable bonds is 4. The van der Waals surface area contributed by atoms with E-state index in [2.05, 4.69) is 17.0 Å². The van der Waals surface area contributed by atoms with Gasteiger partial charge in [0.1, 0.15) is 0 Å². The smallest absolute Gasteiger partial charge is 0.208 e. The highest BCUT2D eigenvalue weighted by Crippen LogP contribution is 2.17. The molecule has 1 rings (SSSR count). The molecule has 0 aromatic carbocycles. The molecule has 1 saturated heterocycles. The van der Waals surface area contributed by atoms with E-state index in [4.69, 9.17) is 0 Å². The zero-order valence-electron chi connectivity index (χ0n) is 8.91. The van der Waals surface area contributed by atoms with Gasteiger partial charge in [0.25, 0.3) is 0 Å². The van der Waals surface area contributed by atoms with E-state index in [-0.39, 0.29) is 0 Å². The van der Waals surface area contributed by atoms with Gasteiger partial charge in [0.2, 0.25) is 10.0 Å². The van der Waals surface area contributed by atoms with Gasteiger partial charge in [-0.2, -0.15) is 0 Å². The van der Waals surface area contributed by atoms with Gasteiger partial charge in [-0.3, -0.25) is 0 Å². The van der Waals surface area contributed by atoms with Crippen LogP contribution in [0, 0.1) is 5.92 Å². The molecule has 1 fully saturated rings. The molecule has 0 spiro atoms. The number of nitrogens with one attached hydrogen (secondary N) is 2. The summed E-state index contributed by atoms with van der Waals surface area (Å²) in [6.45, 7) is 3.77. The minimum atomic E-state index is -3.03. The van der Waals surface area contributed by atoms with E-state index in [1.165, 1.54) is 6.26 Å². The molecule has 4 nitrogen and oxygen atoms in total. The lowest BCUT2D eigenvalue weighted by Crippen LogP contribution is -2.45. The number of hydrogen-bond donors (Lipinski definition) is 2. The van der Waals surface area contributed by atoms with E-state index in [1.807, 2.05) is 0 Å². The van der Waals surface area contributed by atoms with Crippen LogP contribution < -0.4 is 10.0 Å². The Labute approximate surface area is 86.5 Å². The Morgan fingerprint density at radius 1 is 1.50 bits per heavy atom. The van der Waals surface area contributed by atoms with Crippen molar-refractivity contribution in [3.63, 3.8) is 0 Å². The summed E-state index contributed by atoms with van der Waals surface area (Å²) in [5, 5.41) is 3.42. The second kappa shape index (κ2) is 5.09. The van der Waals surface area contributed by atoms with Crippen molar-refractivity contribution in [2.45, 2.75) is 32.2 Å². The molecule has 5 heteroatoms. The van der Waals surface area contributed by atoms with Crippen molar-refractivity contribution >= 4 is 10.0 Å². The van der Waals surface area contributed by atoms with E-state index < -0.39 is 10.0 Å². The summed E-state index contributed by atoms with van der Waals surface area (Å²) in [4.78, 5) is 0. The van der Waals surface area contributed by atoms with Gasteiger partial charge in [0, 0.05) is 12.6 Å². The third-order valence-corrected chi connectivity index (χ3v) is 3.47. The lowest BCUT2D eigenvalue weighted by Gasteiger charge is -2.31. The quantitative estimate of drug-likeness (QED) is 0.717. The van der Waals surface area contributed by atoms with Crippen LogP contribution in [0.15, 0.2) is 0 Å². The molecule has 2 unspecified atom stereocenters. The molecule has 14 heavy (non-hydrogen) atoms. The van der Waals surface area contributed by atoms with Crippen LogP contribution in [0.5, 0.6) is 0 Å². The van der Waals surface area contributed by atoms with Gasteiger partial charge < -0.3 is 5.32 Å². The maximum absolute atomic E-state index is 10.9. The van der Waals surface area contributed by atoms with Gasteiger partial charge in [-0.1, -0.05) is 6.92 Å². The van der Waals surface area contributed by atoms with E-state index in [0.717, 1.165) is 25.8 Å². The Balaban J connectivity index is 2.41. The van der Waals surface area contributed by atoms with Crippen molar-refractivity contribution < 1.29 is 8.42 Å². The fourth-order valence-electron chi connectivity index (χ4n) is 2.00. The van der Waals surface area contributed by atoms with Crippen LogP contribution in [0.1, 0.15) is 26.2 Å². The predicted octanol–water partition coefficient (Wildman–Crippen LogP) is 0.314. The van der Waals surface area contributed by atoms with Crippen LogP contribution in [0.3, 0.4) is 0 Å². The van der Waals surface area contributed by atoms with Crippen molar-refractivity contribution in [2.24, 2.45) is 5.92 Å². The van der Waals surface area contributed by atoms with Gasteiger partial charge in [-0.15, -0.1) is 0 Å². The Bertz CT molecular complexity index is 264. The Kier molecular flexibility index (Phi) is 4.34. The molecule has 0 aliphatic carbocycles. The molecule has 0 aromatic heterocycles. The van der Waals surface area contributed by atoms with Gasteiger partial charge in [0.15, 0.2) is 0 Å². The van der Waals surface area contributed by atoms with E-state index in [0.29, 0.717) is 18.5 Å². The lowest BCUT2D eigenvalue weighted by molar-refractivity contribution is 0.274. The summed E-state index contributed by atoms with van der Waals surface area (Å²) in [7, 11) is -3.03. The van der Waals surface area contributed by atoms with Crippen molar-refractivity contribution in [1.29, 1.82) is 0 Å². The molecule has 2 N–H and O–H groups in total. The second-order valence-electron chi connectivity index (χ2n) is 3.99. The fraction of sp³-hybridized carbons (Fsp3) is 1.00. The van der Waals surface area contributed by atoms with E-state index in [1.54, 1.807) is 0 Å². The maximum Gasteiger partial charge on any atom is 0.208 e. The maximum atomic E-state index is 10.9. The first-order chi connectivity index (χ1) is 6.53. The largest absolute Gasteiger partial charge is 0.314 e. The summed E-state index contributed by atoms with van der Waals surface area (Å²) < 4.78 is 24.5. The van der Waals surface area contributed by atoms with Gasteiger partial charge in [-0.05, 0) is 31.7 Å². The van der Waals surface area contributed by atoms with E-state index >= 15 is 0 Å². The van der Waals surface area contributed by atoms with Gasteiger partial charge in [0.05, 0.1) is 6.26 Å². The number of sulfonamides is 1. The highest BCUT2D eigenvalue weighted by atomic mass is 32.2. The molecule has 1 aliphatic heterocycles. The first-order valence-corrected chi connectivity index (χ1v) is 7.10. The standard InChI is InChI=1S/C9H20N2O2S/c1-3-9-8(5-4-6-10-9)7-11-14(2,12)13/h8-11H,3-7H2,1-2H3. The average molecular weight is 220 g/mol. The van der Waals surface area contributed by atoms with Crippen molar-refractivity contribution in [2.75, 3.05) is 19.3 Å². The minimum Gasteiger partial charge on any atom is -0.314 e. The zero-order valence-corrected chi connectivity index (χ0v) is 9.73. The summed E-state index contributed by atoms with van der Waals surface area (Å²) in [5.41, 5.74) is 0. The summed E-state index contributed by atoms with van der Waals surface area (Å²) in [5.74, 6) is 0.448. The number of hydrogen-bond acceptors (Lipinski definition) is 3. The topological polar surface area (TPSA) is 58.2 Å². The van der Waals surface area contributed by atoms with E-state index in [9.17, 15) is 8.42 Å². The monoisotopic (exact) mass is 220 g/mol. The normalized spacial score (nSPS) is 29.0. The van der Waals surface area contributed by atoms with Crippen molar-refractivity contribution in [3.8, 4) is 0 Å². The van der Waals surface area contributed by atoms with Crippen LogP contribution in [0.4, 0.5) is 0 Å². The first kappa shape index (κ1) is 11.9.